The molecule has 118 valence electrons. The summed E-state index contributed by atoms with van der Waals surface area (Å²) in [5, 5.41) is 12.0. The second-order valence-electron chi connectivity index (χ2n) is 6.18. The largest absolute Gasteiger partial charge is 0.504 e. The number of fused-ring (bicyclic) bond motifs is 5. The molecule has 3 aliphatic rings. The SMILES string of the molecule is O=C(CN1C(=O)C2C3C=CC(C3)C2C1=O)Nc1ncccc1O. The van der Waals surface area contributed by atoms with E-state index in [0.717, 1.165) is 11.3 Å². The predicted octanol–water partition coefficient (Wildman–Crippen LogP) is 0.533. The van der Waals surface area contributed by atoms with Crippen molar-refractivity contribution in [2.45, 2.75) is 6.42 Å². The number of anilines is 1. The van der Waals surface area contributed by atoms with Crippen molar-refractivity contribution in [2.75, 3.05) is 11.9 Å². The molecular formula is C16H15N3O4. The Morgan fingerprint density at radius 1 is 1.26 bits per heavy atom. The van der Waals surface area contributed by atoms with Gasteiger partial charge in [-0.25, -0.2) is 4.98 Å². The third-order valence-electron chi connectivity index (χ3n) is 4.91. The summed E-state index contributed by atoms with van der Waals surface area (Å²) in [4.78, 5) is 41.9. The molecule has 2 fully saturated rings. The summed E-state index contributed by atoms with van der Waals surface area (Å²) >= 11 is 0. The van der Waals surface area contributed by atoms with E-state index in [1.54, 1.807) is 0 Å². The molecule has 1 aliphatic heterocycles. The molecule has 2 N–H and O–H groups in total. The van der Waals surface area contributed by atoms with Gasteiger partial charge in [-0.05, 0) is 30.4 Å². The second-order valence-corrected chi connectivity index (χ2v) is 6.18. The number of aromatic nitrogens is 1. The number of imide groups is 1. The van der Waals surface area contributed by atoms with Crippen molar-refractivity contribution < 1.29 is 19.5 Å². The number of likely N-dealkylation sites (tertiary alicyclic amines) is 1. The first-order valence-electron chi connectivity index (χ1n) is 7.53. The van der Waals surface area contributed by atoms with Crippen LogP contribution < -0.4 is 5.32 Å². The molecule has 7 heteroatoms. The van der Waals surface area contributed by atoms with Crippen LogP contribution in [0.1, 0.15) is 6.42 Å². The van der Waals surface area contributed by atoms with Crippen molar-refractivity contribution in [2.24, 2.45) is 23.7 Å². The lowest BCUT2D eigenvalue weighted by Crippen LogP contribution is -2.39. The lowest BCUT2D eigenvalue weighted by atomic mass is 9.85. The minimum absolute atomic E-state index is 0.0125. The Labute approximate surface area is 132 Å². The fourth-order valence-electron chi connectivity index (χ4n) is 3.93. The van der Waals surface area contributed by atoms with Gasteiger partial charge >= 0.3 is 0 Å². The highest BCUT2D eigenvalue weighted by Crippen LogP contribution is 2.52. The van der Waals surface area contributed by atoms with E-state index >= 15 is 0 Å². The van der Waals surface area contributed by atoms with Crippen molar-refractivity contribution in [1.29, 1.82) is 0 Å². The van der Waals surface area contributed by atoms with E-state index in [1.807, 2.05) is 12.2 Å². The van der Waals surface area contributed by atoms with Crippen LogP contribution in [0.25, 0.3) is 0 Å². The summed E-state index contributed by atoms with van der Waals surface area (Å²) in [5.41, 5.74) is 0. The van der Waals surface area contributed by atoms with Gasteiger partial charge in [0.25, 0.3) is 0 Å². The van der Waals surface area contributed by atoms with E-state index in [0.29, 0.717) is 0 Å². The molecule has 0 aromatic carbocycles. The summed E-state index contributed by atoms with van der Waals surface area (Å²) < 4.78 is 0. The Balaban J connectivity index is 1.48. The van der Waals surface area contributed by atoms with Crippen molar-refractivity contribution in [3.8, 4) is 5.75 Å². The van der Waals surface area contributed by atoms with E-state index in [2.05, 4.69) is 10.3 Å². The molecule has 4 rings (SSSR count). The van der Waals surface area contributed by atoms with Crippen molar-refractivity contribution in [3.05, 3.63) is 30.5 Å². The smallest absolute Gasteiger partial charge is 0.245 e. The van der Waals surface area contributed by atoms with Gasteiger partial charge < -0.3 is 10.4 Å². The van der Waals surface area contributed by atoms with Crippen LogP contribution in [0.4, 0.5) is 5.82 Å². The molecule has 0 spiro atoms. The fourth-order valence-corrected chi connectivity index (χ4v) is 3.93. The highest BCUT2D eigenvalue weighted by molar-refractivity contribution is 6.09. The van der Waals surface area contributed by atoms with Gasteiger partial charge in [-0.15, -0.1) is 0 Å². The average molecular weight is 313 g/mol. The Morgan fingerprint density at radius 2 is 1.91 bits per heavy atom. The number of nitrogens with zero attached hydrogens (tertiary/aromatic N) is 2. The number of rotatable bonds is 3. The molecular weight excluding hydrogens is 298 g/mol. The summed E-state index contributed by atoms with van der Waals surface area (Å²) in [7, 11) is 0. The normalized spacial score (nSPS) is 30.9. The highest BCUT2D eigenvalue weighted by Gasteiger charge is 2.59. The molecule has 23 heavy (non-hydrogen) atoms. The average Bonchev–Trinajstić information content (AvgIpc) is 3.19. The van der Waals surface area contributed by atoms with E-state index < -0.39 is 5.91 Å². The molecule has 2 bridgehead atoms. The van der Waals surface area contributed by atoms with Gasteiger partial charge in [0.1, 0.15) is 6.54 Å². The van der Waals surface area contributed by atoms with E-state index in [4.69, 9.17) is 0 Å². The lowest BCUT2D eigenvalue weighted by Gasteiger charge is -2.16. The standard InChI is InChI=1S/C16H15N3O4/c20-10-2-1-5-17-14(10)18-11(21)7-19-15(22)12-8-3-4-9(6-8)13(12)16(19)23/h1-5,8-9,12-13,20H,6-7H2,(H,17,18,21). The quantitative estimate of drug-likeness (QED) is 0.626. The Bertz CT molecular complexity index is 715. The molecule has 2 aliphatic carbocycles. The minimum Gasteiger partial charge on any atom is -0.504 e. The van der Waals surface area contributed by atoms with Gasteiger partial charge in [-0.2, -0.15) is 0 Å². The maximum atomic E-state index is 12.5. The third-order valence-corrected chi connectivity index (χ3v) is 4.91. The molecule has 2 heterocycles. The predicted molar refractivity (Wildman–Crippen MR) is 79.0 cm³/mol. The minimum atomic E-state index is -0.555. The fraction of sp³-hybridized carbons (Fsp3) is 0.375. The van der Waals surface area contributed by atoms with Gasteiger partial charge in [-0.1, -0.05) is 12.2 Å². The van der Waals surface area contributed by atoms with Crippen LogP contribution in [0.2, 0.25) is 0 Å². The van der Waals surface area contributed by atoms with Crippen LogP contribution in [0.15, 0.2) is 30.5 Å². The van der Waals surface area contributed by atoms with Crippen LogP contribution in [-0.2, 0) is 14.4 Å². The molecule has 1 saturated heterocycles. The number of carbonyl (C=O) groups excluding carboxylic acids is 3. The Kier molecular flexibility index (Phi) is 2.97. The molecule has 3 amide bonds. The van der Waals surface area contributed by atoms with E-state index in [9.17, 15) is 19.5 Å². The maximum absolute atomic E-state index is 12.5. The monoisotopic (exact) mass is 313 g/mol. The van der Waals surface area contributed by atoms with Gasteiger partial charge in [0.05, 0.1) is 11.8 Å². The van der Waals surface area contributed by atoms with Crippen molar-refractivity contribution in [3.63, 3.8) is 0 Å². The van der Waals surface area contributed by atoms with E-state index in [1.165, 1.54) is 18.3 Å². The molecule has 0 radical (unpaired) electrons. The van der Waals surface area contributed by atoms with Crippen LogP contribution in [0.5, 0.6) is 5.75 Å². The zero-order valence-corrected chi connectivity index (χ0v) is 12.2. The van der Waals surface area contributed by atoms with Gasteiger partial charge in [0.2, 0.25) is 17.7 Å². The van der Waals surface area contributed by atoms with Crippen LogP contribution in [-0.4, -0.2) is 39.3 Å². The number of nitrogens with one attached hydrogen (secondary N) is 1. The zero-order chi connectivity index (χ0) is 16.1. The molecule has 1 saturated carbocycles. The summed E-state index contributed by atoms with van der Waals surface area (Å²) in [6.45, 7) is -0.347. The lowest BCUT2D eigenvalue weighted by molar-refractivity contribution is -0.143. The second kappa shape index (κ2) is 4.91. The van der Waals surface area contributed by atoms with Crippen LogP contribution >= 0.6 is 0 Å². The number of carbonyl (C=O) groups is 3. The summed E-state index contributed by atoms with van der Waals surface area (Å²) in [6.07, 6.45) is 6.29. The number of hydrogen-bond acceptors (Lipinski definition) is 5. The topological polar surface area (TPSA) is 99.6 Å². The van der Waals surface area contributed by atoms with Gasteiger partial charge in [0, 0.05) is 6.20 Å². The third kappa shape index (κ3) is 2.03. The molecule has 1 aromatic heterocycles. The molecule has 4 atom stereocenters. The first-order chi connectivity index (χ1) is 11.1. The molecule has 4 unspecified atom stereocenters. The first kappa shape index (κ1) is 13.9. The maximum Gasteiger partial charge on any atom is 0.245 e. The Hall–Kier alpha value is -2.70. The van der Waals surface area contributed by atoms with Crippen molar-refractivity contribution >= 4 is 23.5 Å². The Morgan fingerprint density at radius 3 is 2.52 bits per heavy atom. The van der Waals surface area contributed by atoms with Crippen LogP contribution in [0, 0.1) is 23.7 Å². The number of hydrogen-bond donors (Lipinski definition) is 2. The molecule has 1 aromatic rings. The van der Waals surface area contributed by atoms with Gasteiger partial charge in [0.15, 0.2) is 11.6 Å². The summed E-state index contributed by atoms with van der Waals surface area (Å²) in [5.74, 6) is -1.63. The first-order valence-corrected chi connectivity index (χ1v) is 7.53. The molecule has 7 nitrogen and oxygen atoms in total. The number of amides is 3. The van der Waals surface area contributed by atoms with E-state index in [-0.39, 0.29) is 53.6 Å². The van der Waals surface area contributed by atoms with Crippen LogP contribution in [0.3, 0.4) is 0 Å². The number of pyridine rings is 1. The van der Waals surface area contributed by atoms with Gasteiger partial charge in [-0.3, -0.25) is 19.3 Å². The number of aromatic hydroxyl groups is 1. The number of allylic oxidation sites excluding steroid dienone is 2. The highest BCUT2D eigenvalue weighted by atomic mass is 16.3. The van der Waals surface area contributed by atoms with Crippen molar-refractivity contribution in [1.82, 2.24) is 9.88 Å². The summed E-state index contributed by atoms with van der Waals surface area (Å²) in [6, 6.07) is 2.92. The zero-order valence-electron chi connectivity index (χ0n) is 12.2.